The fourth-order valence-electron chi connectivity index (χ4n) is 3.50. The average molecular weight is 361 g/mol. The molecule has 7 heteroatoms. The predicted octanol–water partition coefficient (Wildman–Crippen LogP) is 2.00. The van der Waals surface area contributed by atoms with E-state index in [1.165, 1.54) is 0 Å². The van der Waals surface area contributed by atoms with E-state index in [0.717, 1.165) is 4.68 Å². The summed E-state index contributed by atoms with van der Waals surface area (Å²) in [5, 5.41) is 17.3. The number of aliphatic hydroxyl groups is 1. The van der Waals surface area contributed by atoms with Crippen LogP contribution < -0.4 is 10.9 Å². The lowest BCUT2D eigenvalue weighted by atomic mass is 9.77. The molecule has 0 bridgehead atoms. The minimum absolute atomic E-state index is 0.0988. The van der Waals surface area contributed by atoms with Gasteiger partial charge < -0.3 is 10.4 Å². The number of rotatable bonds is 4. The van der Waals surface area contributed by atoms with E-state index >= 15 is 0 Å². The van der Waals surface area contributed by atoms with E-state index in [1.54, 1.807) is 26.0 Å². The Balaban J connectivity index is 1.94. The van der Waals surface area contributed by atoms with E-state index in [2.05, 4.69) is 10.4 Å². The van der Waals surface area contributed by atoms with Gasteiger partial charge in [-0.15, -0.1) is 0 Å². The van der Waals surface area contributed by atoms with E-state index in [-0.39, 0.29) is 35.2 Å². The molecule has 6 nitrogen and oxygen atoms in total. The lowest BCUT2D eigenvalue weighted by Crippen LogP contribution is -2.54. The maximum Gasteiger partial charge on any atom is 0.275 e. The van der Waals surface area contributed by atoms with Gasteiger partial charge in [-0.1, -0.05) is 19.9 Å². The van der Waals surface area contributed by atoms with E-state index < -0.39 is 17.0 Å². The van der Waals surface area contributed by atoms with Crippen molar-refractivity contribution < 1.29 is 14.3 Å². The Morgan fingerprint density at radius 1 is 1.46 bits per heavy atom. The third-order valence-electron chi connectivity index (χ3n) is 4.86. The molecule has 26 heavy (non-hydrogen) atoms. The van der Waals surface area contributed by atoms with Crippen molar-refractivity contribution >= 4 is 16.7 Å². The highest BCUT2D eigenvalue weighted by atomic mass is 19.1. The Bertz CT molecular complexity index is 926. The van der Waals surface area contributed by atoms with Crippen LogP contribution in [0.3, 0.4) is 0 Å². The number of carbonyl (C=O) groups is 1. The van der Waals surface area contributed by atoms with Crippen LogP contribution in [0.5, 0.6) is 0 Å². The summed E-state index contributed by atoms with van der Waals surface area (Å²) in [7, 11) is 0. The molecule has 1 heterocycles. The second kappa shape index (κ2) is 6.46. The van der Waals surface area contributed by atoms with Gasteiger partial charge in [-0.25, -0.2) is 9.07 Å². The molecule has 0 atom stereocenters. The Hall–Kier alpha value is -2.28. The zero-order valence-corrected chi connectivity index (χ0v) is 15.5. The van der Waals surface area contributed by atoms with Crippen LogP contribution in [0.2, 0.25) is 0 Å². The van der Waals surface area contributed by atoms with Crippen molar-refractivity contribution in [2.24, 2.45) is 0 Å². The second-order valence-electron chi connectivity index (χ2n) is 7.79. The van der Waals surface area contributed by atoms with Gasteiger partial charge in [0.15, 0.2) is 0 Å². The highest BCUT2D eigenvalue weighted by Crippen LogP contribution is 2.31. The van der Waals surface area contributed by atoms with Crippen LogP contribution >= 0.6 is 0 Å². The summed E-state index contributed by atoms with van der Waals surface area (Å²) >= 11 is 0. The average Bonchev–Trinajstić information content (AvgIpc) is 2.51. The molecule has 1 aliphatic rings. The summed E-state index contributed by atoms with van der Waals surface area (Å²) in [5.41, 5.74) is -0.316. The summed E-state index contributed by atoms with van der Waals surface area (Å²) in [6, 6.07) is 3.05. The number of aryl methyl sites for hydroxylation is 1. The second-order valence-corrected chi connectivity index (χ2v) is 7.79. The van der Waals surface area contributed by atoms with Crippen LogP contribution in [0.4, 0.5) is 4.39 Å². The summed E-state index contributed by atoms with van der Waals surface area (Å²) in [6.07, 6.45) is 0.973. The first-order valence-corrected chi connectivity index (χ1v) is 8.80. The number of aromatic nitrogens is 2. The Morgan fingerprint density at radius 2 is 2.12 bits per heavy atom. The third kappa shape index (κ3) is 3.35. The normalized spacial score (nSPS) is 22.5. The molecule has 0 radical (unpaired) electrons. The Labute approximate surface area is 151 Å². The summed E-state index contributed by atoms with van der Waals surface area (Å²) < 4.78 is 15.7. The lowest BCUT2D eigenvalue weighted by Gasteiger charge is -2.41. The van der Waals surface area contributed by atoms with Crippen LogP contribution in [0, 0.1) is 12.7 Å². The zero-order chi connectivity index (χ0) is 19.2. The molecule has 1 aromatic carbocycles. The van der Waals surface area contributed by atoms with Crippen LogP contribution in [-0.4, -0.2) is 32.4 Å². The maximum absolute atomic E-state index is 14.6. The molecule has 1 fully saturated rings. The van der Waals surface area contributed by atoms with Crippen molar-refractivity contribution in [3.63, 3.8) is 0 Å². The molecule has 2 N–H and O–H groups in total. The molecule has 1 aliphatic carbocycles. The van der Waals surface area contributed by atoms with Crippen molar-refractivity contribution in [3.05, 3.63) is 39.6 Å². The first-order chi connectivity index (χ1) is 12.1. The largest absolute Gasteiger partial charge is 0.390 e. The number of fused-ring (bicyclic) bond motifs is 1. The zero-order valence-electron chi connectivity index (χ0n) is 15.5. The third-order valence-corrected chi connectivity index (χ3v) is 4.86. The monoisotopic (exact) mass is 361 g/mol. The molecule has 0 saturated heterocycles. The molecule has 2 aromatic rings. The van der Waals surface area contributed by atoms with Crippen LogP contribution in [-0.2, 0) is 11.3 Å². The van der Waals surface area contributed by atoms with Crippen LogP contribution in [0.15, 0.2) is 16.9 Å². The number of amides is 1. The van der Waals surface area contributed by atoms with Gasteiger partial charge in [0.25, 0.3) is 5.56 Å². The van der Waals surface area contributed by atoms with Gasteiger partial charge in [-0.3, -0.25) is 9.59 Å². The number of nitrogens with one attached hydrogen (secondary N) is 1. The topological polar surface area (TPSA) is 84.2 Å². The van der Waals surface area contributed by atoms with Crippen LogP contribution in [0.25, 0.3) is 10.8 Å². The standard InChI is InChI=1S/C19H24FN3O3/c1-10(2)17-15-13(6-5-11(3)16(15)20)18(25)23(22-17)9-14(24)21-12-7-19(4,26)8-12/h5-6,10,12,26H,7-9H2,1-4H3,(H,21,24)/t12-,19+. The SMILES string of the molecule is Cc1ccc2c(=O)n(CC(=O)N[C@H]3C[C@@](C)(O)C3)nc(C(C)C)c2c1F. The van der Waals surface area contributed by atoms with Gasteiger partial charge in [0, 0.05) is 11.4 Å². The number of halogens is 1. The minimum atomic E-state index is -0.740. The van der Waals surface area contributed by atoms with E-state index in [0.29, 0.717) is 24.1 Å². The molecule has 3 rings (SSSR count). The molecule has 1 saturated carbocycles. The van der Waals surface area contributed by atoms with Crippen molar-refractivity contribution in [1.82, 2.24) is 15.1 Å². The number of nitrogens with zero attached hydrogens (tertiary/aromatic N) is 2. The first-order valence-electron chi connectivity index (χ1n) is 8.80. The molecule has 0 aliphatic heterocycles. The van der Waals surface area contributed by atoms with Crippen molar-refractivity contribution in [2.45, 2.75) is 64.6 Å². The fourth-order valence-corrected chi connectivity index (χ4v) is 3.50. The number of hydrogen-bond donors (Lipinski definition) is 2. The smallest absolute Gasteiger partial charge is 0.275 e. The minimum Gasteiger partial charge on any atom is -0.390 e. The van der Waals surface area contributed by atoms with Gasteiger partial charge in [-0.2, -0.15) is 5.10 Å². The maximum atomic E-state index is 14.6. The first kappa shape index (κ1) is 18.5. The molecule has 1 amide bonds. The highest BCUT2D eigenvalue weighted by Gasteiger charge is 2.39. The molecule has 140 valence electrons. The van der Waals surface area contributed by atoms with E-state index in [1.807, 2.05) is 13.8 Å². The van der Waals surface area contributed by atoms with Crippen LogP contribution in [0.1, 0.15) is 50.8 Å². The number of hydrogen-bond acceptors (Lipinski definition) is 4. The molecular weight excluding hydrogens is 337 g/mol. The van der Waals surface area contributed by atoms with E-state index in [9.17, 15) is 19.1 Å². The van der Waals surface area contributed by atoms with Crippen molar-refractivity contribution in [3.8, 4) is 0 Å². The Kier molecular flexibility index (Phi) is 4.60. The highest BCUT2D eigenvalue weighted by molar-refractivity contribution is 5.86. The Morgan fingerprint density at radius 3 is 2.69 bits per heavy atom. The molecule has 0 spiro atoms. The van der Waals surface area contributed by atoms with Gasteiger partial charge in [0.05, 0.1) is 16.7 Å². The van der Waals surface area contributed by atoms with Gasteiger partial charge in [0.1, 0.15) is 12.4 Å². The summed E-state index contributed by atoms with van der Waals surface area (Å²) in [6.45, 7) is 6.87. The number of benzene rings is 1. The van der Waals surface area contributed by atoms with Gasteiger partial charge in [-0.05, 0) is 44.2 Å². The summed E-state index contributed by atoms with van der Waals surface area (Å²) in [5.74, 6) is -0.892. The fraction of sp³-hybridized carbons (Fsp3) is 0.526. The van der Waals surface area contributed by atoms with Gasteiger partial charge >= 0.3 is 0 Å². The molecular formula is C19H24FN3O3. The van der Waals surface area contributed by atoms with E-state index in [4.69, 9.17) is 0 Å². The quantitative estimate of drug-likeness (QED) is 0.872. The summed E-state index contributed by atoms with van der Waals surface area (Å²) in [4.78, 5) is 24.9. The van der Waals surface area contributed by atoms with Crippen molar-refractivity contribution in [2.75, 3.05) is 0 Å². The number of carbonyl (C=O) groups excluding carboxylic acids is 1. The lowest BCUT2D eigenvalue weighted by molar-refractivity contribution is -0.125. The molecule has 0 unspecified atom stereocenters. The molecule has 1 aromatic heterocycles. The van der Waals surface area contributed by atoms with Crippen molar-refractivity contribution in [1.29, 1.82) is 0 Å². The predicted molar refractivity (Wildman–Crippen MR) is 96.6 cm³/mol. The van der Waals surface area contributed by atoms with Gasteiger partial charge in [0.2, 0.25) is 5.91 Å².